The lowest BCUT2D eigenvalue weighted by molar-refractivity contribution is -0.120. The molecule has 5 nitrogen and oxygen atoms in total. The molecule has 1 aromatic rings. The van der Waals surface area contributed by atoms with Gasteiger partial charge in [-0.2, -0.15) is 5.11 Å². The minimum atomic E-state index is -2.77. The summed E-state index contributed by atoms with van der Waals surface area (Å²) in [5.74, 6) is -0.419. The van der Waals surface area contributed by atoms with Gasteiger partial charge in [0.25, 0.3) is 5.91 Å². The van der Waals surface area contributed by atoms with Crippen molar-refractivity contribution in [2.45, 2.75) is 26.7 Å². The van der Waals surface area contributed by atoms with Gasteiger partial charge in [0.05, 0.1) is 11.6 Å². The Morgan fingerprint density at radius 2 is 1.97 bits per heavy atom. The van der Waals surface area contributed by atoms with Crippen LogP contribution in [-0.2, 0) is 15.8 Å². The van der Waals surface area contributed by atoms with Crippen molar-refractivity contribution in [1.82, 2.24) is 4.90 Å². The van der Waals surface area contributed by atoms with Gasteiger partial charge in [0.15, 0.2) is 0 Å². The lowest BCUT2D eigenvalue weighted by Gasteiger charge is -2.33. The fourth-order valence-electron chi connectivity index (χ4n) is 4.31. The molecule has 1 saturated heterocycles. The Bertz CT molecular complexity index is 1030. The van der Waals surface area contributed by atoms with E-state index in [1.54, 1.807) is 12.1 Å². The molecule has 0 N–H and O–H groups in total. The lowest BCUT2D eigenvalue weighted by atomic mass is 9.89. The van der Waals surface area contributed by atoms with Crippen molar-refractivity contribution in [3.8, 4) is 0 Å². The van der Waals surface area contributed by atoms with Crippen LogP contribution in [0.2, 0.25) is 0 Å². The Morgan fingerprint density at radius 1 is 1.19 bits per heavy atom. The highest BCUT2D eigenvalue weighted by atomic mass is 31.2. The summed E-state index contributed by atoms with van der Waals surface area (Å²) < 4.78 is 28.4. The van der Waals surface area contributed by atoms with Crippen molar-refractivity contribution in [3.63, 3.8) is 0 Å². The van der Waals surface area contributed by atoms with Crippen LogP contribution in [0.1, 0.15) is 25.8 Å². The highest BCUT2D eigenvalue weighted by Gasteiger charge is 2.33. The molecule has 1 aromatic carbocycles. The number of halogens is 1. The van der Waals surface area contributed by atoms with Crippen molar-refractivity contribution in [2.24, 2.45) is 22.1 Å². The Kier molecular flexibility index (Phi) is 6.49. The van der Waals surface area contributed by atoms with Gasteiger partial charge in [-0.15, -0.1) is 5.11 Å². The Morgan fingerprint density at radius 3 is 2.71 bits per heavy atom. The number of rotatable bonds is 6. The van der Waals surface area contributed by atoms with Crippen LogP contribution in [0.4, 0.5) is 4.39 Å². The molecule has 7 heteroatoms. The van der Waals surface area contributed by atoms with Crippen LogP contribution >= 0.6 is 7.14 Å². The molecule has 1 unspecified atom stereocenters. The van der Waals surface area contributed by atoms with Crippen LogP contribution < -0.4 is 5.30 Å². The number of carbonyl (C=O) groups is 1. The molecule has 1 atom stereocenters. The van der Waals surface area contributed by atoms with Crippen LogP contribution in [0.25, 0.3) is 0 Å². The third-order valence-electron chi connectivity index (χ3n) is 6.29. The molecule has 3 aliphatic rings. The summed E-state index contributed by atoms with van der Waals surface area (Å²) in [5.41, 5.74) is 2.37. The largest absolute Gasteiger partial charge is 0.318 e. The van der Waals surface area contributed by atoms with E-state index < -0.39 is 13.1 Å². The number of azo groups is 1. The number of carbonyl (C=O) groups excluding carboxylic acids is 1. The van der Waals surface area contributed by atoms with E-state index in [2.05, 4.69) is 29.0 Å². The summed E-state index contributed by atoms with van der Waals surface area (Å²) in [6, 6.07) is 4.87. The molecule has 2 aliphatic heterocycles. The molecule has 164 valence electrons. The van der Waals surface area contributed by atoms with Crippen LogP contribution in [0.5, 0.6) is 0 Å². The van der Waals surface area contributed by atoms with Crippen LogP contribution in [0.15, 0.2) is 64.0 Å². The van der Waals surface area contributed by atoms with Gasteiger partial charge >= 0.3 is 0 Å². The third kappa shape index (κ3) is 4.86. The number of hydrogen-bond donors (Lipinski definition) is 0. The monoisotopic (exact) mass is 441 g/mol. The van der Waals surface area contributed by atoms with E-state index in [1.165, 1.54) is 6.07 Å². The normalized spacial score (nSPS) is 23.0. The molecule has 31 heavy (non-hydrogen) atoms. The van der Waals surface area contributed by atoms with E-state index in [-0.39, 0.29) is 11.7 Å². The van der Waals surface area contributed by atoms with E-state index in [4.69, 9.17) is 0 Å². The zero-order valence-electron chi connectivity index (χ0n) is 18.1. The number of fused-ring (bicyclic) bond motifs is 1. The fraction of sp³-hybridized carbons (Fsp3) is 0.458. The maximum Gasteiger partial charge on any atom is 0.275 e. The second-order valence-corrected chi connectivity index (χ2v) is 12.1. The summed E-state index contributed by atoms with van der Waals surface area (Å²) in [6.45, 7) is 6.91. The van der Waals surface area contributed by atoms with Gasteiger partial charge < -0.3 is 9.46 Å². The summed E-state index contributed by atoms with van der Waals surface area (Å²) in [4.78, 5) is 14.4. The van der Waals surface area contributed by atoms with Crippen molar-refractivity contribution in [3.05, 3.63) is 65.2 Å². The molecule has 0 bridgehead atoms. The minimum Gasteiger partial charge on any atom is -0.318 e. The zero-order chi connectivity index (χ0) is 22.0. The quantitative estimate of drug-likeness (QED) is 0.601. The molecule has 0 radical (unpaired) electrons. The van der Waals surface area contributed by atoms with Crippen molar-refractivity contribution in [1.29, 1.82) is 0 Å². The van der Waals surface area contributed by atoms with Gasteiger partial charge in [0, 0.05) is 37.1 Å². The standard InChI is InChI=1S/C24H29FN3O2P/c1-17(2)9-10-28-11-13-31(30,14-12-28)23-16-18(7-8-21(23)25)15-22-19-5-3-4-6-20(19)24(29)27-26-22/h3-8,16-17,20H,9-15H2,1-2H3. The molecule has 0 aromatic heterocycles. The van der Waals surface area contributed by atoms with Gasteiger partial charge in [0.2, 0.25) is 0 Å². The average Bonchev–Trinajstić information content (AvgIpc) is 2.76. The first-order valence-electron chi connectivity index (χ1n) is 11.0. The Balaban J connectivity index is 1.53. The number of allylic oxidation sites excluding steroid dienone is 4. The summed E-state index contributed by atoms with van der Waals surface area (Å²) >= 11 is 0. The van der Waals surface area contributed by atoms with Gasteiger partial charge in [-0.3, -0.25) is 4.79 Å². The van der Waals surface area contributed by atoms with Crippen LogP contribution in [0, 0.1) is 17.7 Å². The van der Waals surface area contributed by atoms with Gasteiger partial charge in [-0.05, 0) is 42.2 Å². The van der Waals surface area contributed by atoms with E-state index in [0.717, 1.165) is 37.2 Å². The predicted molar refractivity (Wildman–Crippen MR) is 122 cm³/mol. The van der Waals surface area contributed by atoms with Crippen LogP contribution in [-0.4, -0.2) is 42.8 Å². The lowest BCUT2D eigenvalue weighted by Crippen LogP contribution is -2.38. The first kappa shape index (κ1) is 22.0. The van der Waals surface area contributed by atoms with Crippen LogP contribution in [0.3, 0.4) is 0 Å². The number of nitrogens with zero attached hydrogens (tertiary/aromatic N) is 3. The predicted octanol–water partition coefficient (Wildman–Crippen LogP) is 4.71. The second-order valence-electron chi connectivity index (χ2n) is 8.99. The SMILES string of the molecule is CC(C)CCN1CCP(=O)(c2cc(CC3=C4C=CC=CC4C(=O)N=N3)ccc2F)CC1. The maximum absolute atomic E-state index is 14.7. The molecule has 0 saturated carbocycles. The average molecular weight is 441 g/mol. The van der Waals surface area contributed by atoms with Crippen molar-refractivity contribution >= 4 is 18.4 Å². The Hall–Kier alpha value is -2.17. The highest BCUT2D eigenvalue weighted by molar-refractivity contribution is 7.71. The van der Waals surface area contributed by atoms with Gasteiger partial charge in [-0.1, -0.05) is 44.2 Å². The molecular formula is C24H29FN3O2P. The maximum atomic E-state index is 14.7. The van der Waals surface area contributed by atoms with E-state index >= 15 is 0 Å². The fourth-order valence-corrected chi connectivity index (χ4v) is 7.09. The first-order chi connectivity index (χ1) is 14.9. The van der Waals surface area contributed by atoms with Crippen molar-refractivity contribution in [2.75, 3.05) is 32.0 Å². The summed E-state index contributed by atoms with van der Waals surface area (Å²) in [5, 5.41) is 8.26. The number of benzene rings is 1. The smallest absolute Gasteiger partial charge is 0.275 e. The number of amides is 1. The second kappa shape index (κ2) is 9.13. The molecular weight excluding hydrogens is 412 g/mol. The third-order valence-corrected chi connectivity index (χ3v) is 9.36. The van der Waals surface area contributed by atoms with E-state index in [1.807, 2.05) is 24.3 Å². The zero-order valence-corrected chi connectivity index (χ0v) is 19.0. The number of hydrogen-bond acceptors (Lipinski definition) is 4. The molecule has 4 rings (SSSR count). The molecule has 1 amide bonds. The van der Waals surface area contributed by atoms with Gasteiger partial charge in [0.1, 0.15) is 13.0 Å². The highest BCUT2D eigenvalue weighted by Crippen LogP contribution is 2.47. The first-order valence-corrected chi connectivity index (χ1v) is 13.1. The van der Waals surface area contributed by atoms with Crippen molar-refractivity contribution < 1.29 is 13.8 Å². The van der Waals surface area contributed by atoms with E-state index in [0.29, 0.717) is 35.7 Å². The topological polar surface area (TPSA) is 62.1 Å². The van der Waals surface area contributed by atoms with Gasteiger partial charge in [-0.25, -0.2) is 4.39 Å². The molecule has 0 spiro atoms. The molecule has 1 aliphatic carbocycles. The minimum absolute atomic E-state index is 0.271. The van der Waals surface area contributed by atoms with E-state index in [9.17, 15) is 13.8 Å². The Labute approximate surface area is 183 Å². The molecule has 2 heterocycles. The molecule has 1 fully saturated rings. The summed E-state index contributed by atoms with van der Waals surface area (Å²) in [6.07, 6.45) is 9.99. The summed E-state index contributed by atoms with van der Waals surface area (Å²) in [7, 11) is -2.77.